The van der Waals surface area contributed by atoms with Crippen molar-refractivity contribution in [1.82, 2.24) is 4.90 Å². The lowest BCUT2D eigenvalue weighted by molar-refractivity contribution is -0.0502. The van der Waals surface area contributed by atoms with Gasteiger partial charge in [-0.15, -0.1) is 11.6 Å². The van der Waals surface area contributed by atoms with Crippen molar-refractivity contribution >= 4 is 17.5 Å². The fourth-order valence-electron chi connectivity index (χ4n) is 1.78. The van der Waals surface area contributed by atoms with Crippen molar-refractivity contribution in [3.63, 3.8) is 0 Å². The van der Waals surface area contributed by atoms with E-state index in [1.54, 1.807) is 17.0 Å². The zero-order valence-electron chi connectivity index (χ0n) is 11.3. The monoisotopic (exact) mass is 305 g/mol. The first kappa shape index (κ1) is 16.7. The number of hydrogen-bond acceptors (Lipinski definition) is 2. The Kier molecular flexibility index (Phi) is 7.30. The fourth-order valence-corrected chi connectivity index (χ4v) is 1.98. The van der Waals surface area contributed by atoms with Gasteiger partial charge in [0.05, 0.1) is 5.56 Å². The third-order valence-electron chi connectivity index (χ3n) is 2.76. The van der Waals surface area contributed by atoms with E-state index in [4.69, 9.17) is 11.6 Å². The number of alkyl halides is 3. The van der Waals surface area contributed by atoms with E-state index < -0.39 is 6.61 Å². The molecule has 3 nitrogen and oxygen atoms in total. The van der Waals surface area contributed by atoms with Gasteiger partial charge < -0.3 is 9.64 Å². The van der Waals surface area contributed by atoms with Crippen LogP contribution in [0.3, 0.4) is 0 Å². The Morgan fingerprint density at radius 2 is 2.05 bits per heavy atom. The molecule has 0 aliphatic carbocycles. The van der Waals surface area contributed by atoms with Crippen molar-refractivity contribution in [3.05, 3.63) is 29.8 Å². The predicted molar refractivity (Wildman–Crippen MR) is 74.6 cm³/mol. The maximum atomic E-state index is 12.4. The third kappa shape index (κ3) is 4.96. The van der Waals surface area contributed by atoms with Gasteiger partial charge in [-0.2, -0.15) is 8.78 Å². The van der Waals surface area contributed by atoms with E-state index in [2.05, 4.69) is 4.74 Å². The highest BCUT2D eigenvalue weighted by Gasteiger charge is 2.20. The number of nitrogens with zero attached hydrogens (tertiary/aromatic N) is 1. The number of carbonyl (C=O) groups excluding carboxylic acids is 1. The molecule has 0 radical (unpaired) electrons. The van der Waals surface area contributed by atoms with Gasteiger partial charge in [0.25, 0.3) is 5.91 Å². The van der Waals surface area contributed by atoms with Crippen molar-refractivity contribution in [2.24, 2.45) is 0 Å². The summed E-state index contributed by atoms with van der Waals surface area (Å²) in [5.74, 6) is -0.147. The van der Waals surface area contributed by atoms with E-state index in [1.807, 2.05) is 6.92 Å². The summed E-state index contributed by atoms with van der Waals surface area (Å²) in [6.45, 7) is -0.0212. The molecule has 112 valence electrons. The summed E-state index contributed by atoms with van der Waals surface area (Å²) < 4.78 is 29.1. The van der Waals surface area contributed by atoms with Crippen LogP contribution < -0.4 is 4.74 Å². The average Bonchev–Trinajstić information content (AvgIpc) is 2.42. The van der Waals surface area contributed by atoms with E-state index in [0.29, 0.717) is 19.0 Å². The second kappa shape index (κ2) is 8.74. The molecule has 0 aliphatic rings. The van der Waals surface area contributed by atoms with E-state index in [1.165, 1.54) is 12.1 Å². The summed E-state index contributed by atoms with van der Waals surface area (Å²) in [7, 11) is 0. The van der Waals surface area contributed by atoms with Crippen molar-refractivity contribution in [2.45, 2.75) is 26.4 Å². The van der Waals surface area contributed by atoms with Gasteiger partial charge in [0.15, 0.2) is 0 Å². The summed E-state index contributed by atoms with van der Waals surface area (Å²) in [5, 5.41) is 0. The number of halogens is 3. The van der Waals surface area contributed by atoms with Crippen LogP contribution in [0.5, 0.6) is 5.75 Å². The normalized spacial score (nSPS) is 10.7. The molecule has 1 amide bonds. The molecule has 0 bridgehead atoms. The van der Waals surface area contributed by atoms with Crippen LogP contribution in [-0.2, 0) is 0 Å². The molecule has 1 aromatic carbocycles. The van der Waals surface area contributed by atoms with Crippen LogP contribution in [0.25, 0.3) is 0 Å². The molecular weight excluding hydrogens is 288 g/mol. The molecule has 0 spiro atoms. The van der Waals surface area contributed by atoms with Crippen LogP contribution in [0.15, 0.2) is 24.3 Å². The Bertz CT molecular complexity index is 429. The smallest absolute Gasteiger partial charge is 0.387 e. The second-order valence-corrected chi connectivity index (χ2v) is 4.59. The molecule has 0 atom stereocenters. The summed E-state index contributed by atoms with van der Waals surface area (Å²) in [5.41, 5.74) is 0.133. The lowest BCUT2D eigenvalue weighted by atomic mass is 10.1. The SMILES string of the molecule is CCCCN(CCCl)C(=O)c1ccccc1OC(F)F. The van der Waals surface area contributed by atoms with Crippen molar-refractivity contribution < 1.29 is 18.3 Å². The maximum Gasteiger partial charge on any atom is 0.387 e. The minimum atomic E-state index is -2.96. The molecule has 1 rings (SSSR count). The van der Waals surface area contributed by atoms with E-state index in [0.717, 1.165) is 12.8 Å². The molecule has 0 unspecified atom stereocenters. The molecule has 1 aromatic rings. The quantitative estimate of drug-likeness (QED) is 0.684. The highest BCUT2D eigenvalue weighted by Crippen LogP contribution is 2.22. The molecule has 0 aromatic heterocycles. The first-order chi connectivity index (χ1) is 9.60. The number of benzene rings is 1. The predicted octanol–water partition coefficient (Wildman–Crippen LogP) is 3.77. The fraction of sp³-hybridized carbons (Fsp3) is 0.500. The Hall–Kier alpha value is -1.36. The third-order valence-corrected chi connectivity index (χ3v) is 2.93. The lowest BCUT2D eigenvalue weighted by Crippen LogP contribution is -2.34. The van der Waals surface area contributed by atoms with Crippen LogP contribution in [0.1, 0.15) is 30.1 Å². The second-order valence-electron chi connectivity index (χ2n) is 4.21. The molecule has 0 N–H and O–H groups in total. The summed E-state index contributed by atoms with van der Waals surface area (Å²) in [6, 6.07) is 6.00. The van der Waals surface area contributed by atoms with E-state index >= 15 is 0 Å². The topological polar surface area (TPSA) is 29.5 Å². The maximum absolute atomic E-state index is 12.4. The van der Waals surface area contributed by atoms with Gasteiger partial charge in [-0.1, -0.05) is 25.5 Å². The number of rotatable bonds is 8. The van der Waals surface area contributed by atoms with Crippen LogP contribution in [0.2, 0.25) is 0 Å². The standard InChI is InChI=1S/C14H18ClF2NO2/c1-2-3-9-18(10-8-15)13(19)11-6-4-5-7-12(11)20-14(16)17/h4-7,14H,2-3,8-10H2,1H3. The highest BCUT2D eigenvalue weighted by atomic mass is 35.5. The van der Waals surface area contributed by atoms with Gasteiger partial charge in [0, 0.05) is 19.0 Å². The van der Waals surface area contributed by atoms with E-state index in [-0.39, 0.29) is 17.2 Å². The number of para-hydroxylation sites is 1. The van der Waals surface area contributed by atoms with Crippen LogP contribution >= 0.6 is 11.6 Å². The number of unbranched alkanes of at least 4 members (excludes halogenated alkanes) is 1. The van der Waals surface area contributed by atoms with Crippen molar-refractivity contribution in [2.75, 3.05) is 19.0 Å². The average molecular weight is 306 g/mol. The Balaban J connectivity index is 2.92. The number of carbonyl (C=O) groups is 1. The van der Waals surface area contributed by atoms with Gasteiger partial charge >= 0.3 is 6.61 Å². The number of amides is 1. The highest BCUT2D eigenvalue weighted by molar-refractivity contribution is 6.18. The van der Waals surface area contributed by atoms with Crippen LogP contribution in [0, 0.1) is 0 Å². The summed E-state index contributed by atoms with van der Waals surface area (Å²) in [4.78, 5) is 13.9. The first-order valence-electron chi connectivity index (χ1n) is 6.49. The van der Waals surface area contributed by atoms with Gasteiger partial charge in [0.2, 0.25) is 0 Å². The first-order valence-corrected chi connectivity index (χ1v) is 7.02. The molecule has 0 heterocycles. The molecule has 0 saturated heterocycles. The van der Waals surface area contributed by atoms with Gasteiger partial charge in [-0.3, -0.25) is 4.79 Å². The largest absolute Gasteiger partial charge is 0.434 e. The molecule has 0 saturated carbocycles. The summed E-state index contributed by atoms with van der Waals surface area (Å²) in [6.07, 6.45) is 1.77. The summed E-state index contributed by atoms with van der Waals surface area (Å²) >= 11 is 5.69. The van der Waals surface area contributed by atoms with Gasteiger partial charge in [-0.25, -0.2) is 0 Å². The molecule has 20 heavy (non-hydrogen) atoms. The molecule has 0 aliphatic heterocycles. The minimum absolute atomic E-state index is 0.108. The van der Waals surface area contributed by atoms with Gasteiger partial charge in [0.1, 0.15) is 5.75 Å². The van der Waals surface area contributed by atoms with Crippen molar-refractivity contribution in [1.29, 1.82) is 0 Å². The Morgan fingerprint density at radius 1 is 1.35 bits per heavy atom. The Morgan fingerprint density at radius 3 is 2.65 bits per heavy atom. The molecule has 0 fully saturated rings. The van der Waals surface area contributed by atoms with Crippen LogP contribution in [-0.4, -0.2) is 36.4 Å². The van der Waals surface area contributed by atoms with E-state index in [9.17, 15) is 13.6 Å². The minimum Gasteiger partial charge on any atom is -0.434 e. The Labute approximate surface area is 122 Å². The molecular formula is C14H18ClF2NO2. The van der Waals surface area contributed by atoms with Gasteiger partial charge in [-0.05, 0) is 18.6 Å². The zero-order chi connectivity index (χ0) is 15.0. The molecule has 6 heteroatoms. The number of hydrogen-bond donors (Lipinski definition) is 0. The van der Waals surface area contributed by atoms with Crippen molar-refractivity contribution in [3.8, 4) is 5.75 Å². The lowest BCUT2D eigenvalue weighted by Gasteiger charge is -2.22. The van der Waals surface area contributed by atoms with Crippen LogP contribution in [0.4, 0.5) is 8.78 Å². The zero-order valence-corrected chi connectivity index (χ0v) is 12.1. The number of ether oxygens (including phenoxy) is 1.